The Balaban J connectivity index is 0.935. The van der Waals surface area contributed by atoms with Crippen LogP contribution in [0.3, 0.4) is 0 Å². The molecule has 2 saturated heterocycles. The predicted octanol–water partition coefficient (Wildman–Crippen LogP) is 11.5. The van der Waals surface area contributed by atoms with Crippen molar-refractivity contribution >= 4 is 34.1 Å². The zero-order valence-electron chi connectivity index (χ0n) is 29.8. The molecule has 2 fully saturated rings. The molecule has 6 heteroatoms. The van der Waals surface area contributed by atoms with Gasteiger partial charge in [-0.25, -0.2) is 0 Å². The van der Waals surface area contributed by atoms with Gasteiger partial charge in [0.1, 0.15) is 36.9 Å². The molecule has 2 heterocycles. The smallest absolute Gasteiger partial charge is 0.121 e. The summed E-state index contributed by atoms with van der Waals surface area (Å²) in [5.41, 5.74) is 11.0. The molecule has 266 valence electrons. The highest BCUT2D eigenvalue weighted by atomic mass is 16.6. The molecule has 2 atom stereocenters. The first-order valence-electron chi connectivity index (χ1n) is 18.4. The summed E-state index contributed by atoms with van der Waals surface area (Å²) >= 11 is 0. The Bertz CT molecular complexity index is 2120. The second kappa shape index (κ2) is 15.3. The molecule has 7 aromatic carbocycles. The largest absolute Gasteiger partial charge is 0.491 e. The SMILES string of the molecule is c1ccc(N(c2ccc(-c3ccc(-c4ccc(N(c5ccccc5)c5cccc(OCC6CO6)c5)cc4)cc3)cc2)c2cccc(OCC3CO3)c2)cc1. The number of benzene rings is 7. The molecule has 2 aliphatic rings. The van der Waals surface area contributed by atoms with Gasteiger partial charge in [0.2, 0.25) is 0 Å². The average Bonchev–Trinajstić information content (AvgIpc) is 4.18. The van der Waals surface area contributed by atoms with Crippen LogP contribution >= 0.6 is 0 Å². The minimum atomic E-state index is 0.208. The molecule has 7 aromatic rings. The molecule has 0 spiro atoms. The number of anilines is 6. The Kier molecular flexibility index (Phi) is 9.51. The normalized spacial score (nSPS) is 15.6. The van der Waals surface area contributed by atoms with Crippen molar-refractivity contribution in [2.24, 2.45) is 0 Å². The number of hydrogen-bond acceptors (Lipinski definition) is 6. The number of epoxide rings is 2. The fourth-order valence-electron chi connectivity index (χ4n) is 6.64. The lowest BCUT2D eigenvalue weighted by molar-refractivity contribution is 0.263. The third-order valence-electron chi connectivity index (χ3n) is 9.66. The lowest BCUT2D eigenvalue weighted by atomic mass is 9.99. The highest BCUT2D eigenvalue weighted by Crippen LogP contribution is 2.39. The molecule has 0 N–H and O–H groups in total. The first-order valence-corrected chi connectivity index (χ1v) is 18.4. The Hall–Kier alpha value is -6.34. The van der Waals surface area contributed by atoms with Crippen LogP contribution < -0.4 is 19.3 Å². The van der Waals surface area contributed by atoms with Crippen molar-refractivity contribution in [3.63, 3.8) is 0 Å². The molecule has 0 saturated carbocycles. The summed E-state index contributed by atoms with van der Waals surface area (Å²) < 4.78 is 22.7. The highest BCUT2D eigenvalue weighted by Gasteiger charge is 2.24. The van der Waals surface area contributed by atoms with Crippen LogP contribution in [-0.4, -0.2) is 38.6 Å². The number of rotatable bonds is 14. The fraction of sp³-hybridized carbons (Fsp3) is 0.125. The first-order chi connectivity index (χ1) is 26.7. The molecular weight excluding hydrogens is 669 g/mol. The zero-order valence-corrected chi connectivity index (χ0v) is 29.8. The topological polar surface area (TPSA) is 50.0 Å². The van der Waals surface area contributed by atoms with E-state index in [4.69, 9.17) is 18.9 Å². The van der Waals surface area contributed by atoms with E-state index >= 15 is 0 Å². The molecular formula is C48H40N2O4. The van der Waals surface area contributed by atoms with Crippen molar-refractivity contribution in [1.82, 2.24) is 0 Å². The van der Waals surface area contributed by atoms with Crippen molar-refractivity contribution in [2.75, 3.05) is 36.2 Å². The van der Waals surface area contributed by atoms with Crippen LogP contribution in [0.2, 0.25) is 0 Å². The lowest BCUT2D eigenvalue weighted by Gasteiger charge is -2.26. The van der Waals surface area contributed by atoms with Gasteiger partial charge < -0.3 is 28.7 Å². The van der Waals surface area contributed by atoms with Gasteiger partial charge in [-0.3, -0.25) is 0 Å². The Morgan fingerprint density at radius 3 is 1.04 bits per heavy atom. The molecule has 9 rings (SSSR count). The Morgan fingerprint density at radius 1 is 0.370 bits per heavy atom. The minimum absolute atomic E-state index is 0.208. The van der Waals surface area contributed by atoms with Gasteiger partial charge >= 0.3 is 0 Å². The maximum absolute atomic E-state index is 6.02. The second-order valence-corrected chi connectivity index (χ2v) is 13.5. The van der Waals surface area contributed by atoms with Crippen LogP contribution in [0.25, 0.3) is 22.3 Å². The van der Waals surface area contributed by atoms with Crippen LogP contribution in [-0.2, 0) is 9.47 Å². The standard InChI is InChI=1S/C48H40N2O4/c1-3-9-39(10-4-1)49(43-13-7-15-45(29-43)51-31-47-33-53-47)41-25-21-37(22-26-41)35-17-19-36(20-18-35)38-23-27-42(28-24-38)50(40-11-5-2-6-12-40)44-14-8-16-46(30-44)52-32-48-34-54-48/h1-30,47-48H,31-34H2. The lowest BCUT2D eigenvalue weighted by Crippen LogP contribution is -2.10. The zero-order chi connectivity index (χ0) is 36.1. The number of hydrogen-bond donors (Lipinski definition) is 0. The molecule has 0 amide bonds. The molecule has 0 aliphatic carbocycles. The molecule has 6 nitrogen and oxygen atoms in total. The highest BCUT2D eigenvalue weighted by molar-refractivity contribution is 5.81. The molecule has 0 bridgehead atoms. The summed E-state index contributed by atoms with van der Waals surface area (Å²) in [6, 6.07) is 63.7. The summed E-state index contributed by atoms with van der Waals surface area (Å²) in [6.07, 6.45) is 0.416. The van der Waals surface area contributed by atoms with Gasteiger partial charge in [-0.15, -0.1) is 0 Å². The van der Waals surface area contributed by atoms with E-state index in [9.17, 15) is 0 Å². The van der Waals surface area contributed by atoms with Crippen LogP contribution in [0.15, 0.2) is 182 Å². The molecule has 54 heavy (non-hydrogen) atoms. The van der Waals surface area contributed by atoms with Crippen LogP contribution in [0, 0.1) is 0 Å². The third kappa shape index (κ3) is 7.86. The van der Waals surface area contributed by atoms with E-state index in [0.717, 1.165) is 81.1 Å². The van der Waals surface area contributed by atoms with Gasteiger partial charge in [0.15, 0.2) is 0 Å². The summed E-state index contributed by atoms with van der Waals surface area (Å²) in [5, 5.41) is 0. The van der Waals surface area contributed by atoms with Gasteiger partial charge in [0.25, 0.3) is 0 Å². The van der Waals surface area contributed by atoms with E-state index in [2.05, 4.69) is 155 Å². The van der Waals surface area contributed by atoms with Gasteiger partial charge in [0.05, 0.1) is 13.2 Å². The van der Waals surface area contributed by atoms with Gasteiger partial charge in [-0.1, -0.05) is 97.1 Å². The third-order valence-corrected chi connectivity index (χ3v) is 9.66. The van der Waals surface area contributed by atoms with Gasteiger partial charge in [0, 0.05) is 46.3 Å². The maximum Gasteiger partial charge on any atom is 0.121 e. The van der Waals surface area contributed by atoms with Gasteiger partial charge in [-0.2, -0.15) is 0 Å². The van der Waals surface area contributed by atoms with Crippen molar-refractivity contribution in [3.05, 3.63) is 182 Å². The Morgan fingerprint density at radius 2 is 0.685 bits per heavy atom. The van der Waals surface area contributed by atoms with Crippen molar-refractivity contribution in [1.29, 1.82) is 0 Å². The monoisotopic (exact) mass is 708 g/mol. The quantitative estimate of drug-likeness (QED) is 0.105. The number of ether oxygens (including phenoxy) is 4. The maximum atomic E-state index is 6.02. The van der Waals surface area contributed by atoms with E-state index in [0.29, 0.717) is 13.2 Å². The van der Waals surface area contributed by atoms with Crippen LogP contribution in [0.1, 0.15) is 0 Å². The van der Waals surface area contributed by atoms with E-state index in [1.165, 1.54) is 0 Å². The second-order valence-electron chi connectivity index (χ2n) is 13.5. The van der Waals surface area contributed by atoms with E-state index in [-0.39, 0.29) is 12.2 Å². The Labute approximate surface area is 316 Å². The summed E-state index contributed by atoms with van der Waals surface area (Å²) in [6.45, 7) is 2.69. The summed E-state index contributed by atoms with van der Waals surface area (Å²) in [7, 11) is 0. The number of para-hydroxylation sites is 2. The van der Waals surface area contributed by atoms with Crippen molar-refractivity contribution in [3.8, 4) is 33.8 Å². The first kappa shape index (κ1) is 33.5. The predicted molar refractivity (Wildman–Crippen MR) is 217 cm³/mol. The van der Waals surface area contributed by atoms with Crippen molar-refractivity contribution in [2.45, 2.75) is 12.2 Å². The average molecular weight is 709 g/mol. The fourth-order valence-corrected chi connectivity index (χ4v) is 6.64. The van der Waals surface area contributed by atoms with Crippen molar-refractivity contribution < 1.29 is 18.9 Å². The van der Waals surface area contributed by atoms with E-state index in [1.54, 1.807) is 0 Å². The van der Waals surface area contributed by atoms with Crippen LogP contribution in [0.5, 0.6) is 11.5 Å². The minimum Gasteiger partial charge on any atom is -0.491 e. The van der Waals surface area contributed by atoms with E-state index < -0.39 is 0 Å². The molecule has 2 unspecified atom stereocenters. The van der Waals surface area contributed by atoms with Crippen LogP contribution in [0.4, 0.5) is 34.1 Å². The van der Waals surface area contributed by atoms with Gasteiger partial charge in [-0.05, 0) is 95.1 Å². The molecule has 2 aliphatic heterocycles. The molecule has 0 aromatic heterocycles. The summed E-state index contributed by atoms with van der Waals surface area (Å²) in [5.74, 6) is 1.67. The van der Waals surface area contributed by atoms with E-state index in [1.807, 2.05) is 36.4 Å². The molecule has 0 radical (unpaired) electrons. The summed E-state index contributed by atoms with van der Waals surface area (Å²) in [4.78, 5) is 4.51. The number of nitrogens with zero attached hydrogens (tertiary/aromatic N) is 2.